The lowest BCUT2D eigenvalue weighted by Crippen LogP contribution is -2.28. The topological polar surface area (TPSA) is 72.4 Å². The van der Waals surface area contributed by atoms with Crippen molar-refractivity contribution in [2.45, 2.75) is 12.3 Å². The number of hydrogen-bond donors (Lipinski definition) is 0. The Morgan fingerprint density at radius 2 is 2.09 bits per heavy atom. The van der Waals surface area contributed by atoms with Gasteiger partial charge in [0.15, 0.2) is 0 Å². The predicted octanol–water partition coefficient (Wildman–Crippen LogP) is 2.96. The maximum Gasteiger partial charge on any atom is 0.257 e. The van der Waals surface area contributed by atoms with Gasteiger partial charge >= 0.3 is 0 Å². The lowest BCUT2D eigenvalue weighted by Gasteiger charge is -2.14. The lowest BCUT2D eigenvalue weighted by atomic mass is 10.1. The fourth-order valence-electron chi connectivity index (χ4n) is 2.82. The molecule has 6 heteroatoms. The van der Waals surface area contributed by atoms with E-state index in [0.717, 1.165) is 12.0 Å². The van der Waals surface area contributed by atoms with Gasteiger partial charge in [0, 0.05) is 18.7 Å². The molecule has 3 heterocycles. The Hall–Kier alpha value is -2.89. The minimum Gasteiger partial charge on any atom is -0.472 e. The van der Waals surface area contributed by atoms with Gasteiger partial charge in [-0.05, 0) is 12.5 Å². The van der Waals surface area contributed by atoms with Crippen LogP contribution in [0, 0.1) is 0 Å². The monoisotopic (exact) mass is 309 g/mol. The van der Waals surface area contributed by atoms with Crippen LogP contribution in [-0.2, 0) is 0 Å². The summed E-state index contributed by atoms with van der Waals surface area (Å²) >= 11 is 0. The Kier molecular flexibility index (Phi) is 3.42. The summed E-state index contributed by atoms with van der Waals surface area (Å²) in [5, 5.41) is 4.05. The smallest absolute Gasteiger partial charge is 0.257 e. The van der Waals surface area contributed by atoms with Gasteiger partial charge in [-0.2, -0.15) is 4.98 Å². The number of benzene rings is 1. The average molecular weight is 309 g/mol. The molecule has 1 atom stereocenters. The number of carbonyl (C=O) groups is 1. The molecular weight excluding hydrogens is 294 g/mol. The van der Waals surface area contributed by atoms with Gasteiger partial charge in [0.25, 0.3) is 5.91 Å². The molecule has 0 bridgehead atoms. The molecule has 0 radical (unpaired) electrons. The second-order valence-electron chi connectivity index (χ2n) is 5.57. The first-order valence-corrected chi connectivity index (χ1v) is 7.52. The number of furan rings is 1. The van der Waals surface area contributed by atoms with E-state index in [-0.39, 0.29) is 11.8 Å². The van der Waals surface area contributed by atoms with Gasteiger partial charge in [-0.3, -0.25) is 4.79 Å². The third-order valence-electron chi connectivity index (χ3n) is 4.07. The van der Waals surface area contributed by atoms with E-state index in [1.54, 1.807) is 11.0 Å². The predicted molar refractivity (Wildman–Crippen MR) is 81.7 cm³/mol. The summed E-state index contributed by atoms with van der Waals surface area (Å²) in [4.78, 5) is 18.6. The fraction of sp³-hybridized carbons (Fsp3) is 0.235. The zero-order valence-electron chi connectivity index (χ0n) is 12.4. The Balaban J connectivity index is 1.48. The van der Waals surface area contributed by atoms with E-state index in [1.807, 2.05) is 30.3 Å². The van der Waals surface area contributed by atoms with Crippen molar-refractivity contribution in [2.24, 2.45) is 0 Å². The van der Waals surface area contributed by atoms with E-state index in [4.69, 9.17) is 8.94 Å². The van der Waals surface area contributed by atoms with Crippen LogP contribution in [0.1, 0.15) is 28.6 Å². The number of likely N-dealkylation sites (tertiary alicyclic amines) is 1. The molecule has 116 valence electrons. The number of hydrogen-bond acceptors (Lipinski definition) is 5. The van der Waals surface area contributed by atoms with Crippen molar-refractivity contribution < 1.29 is 13.7 Å². The summed E-state index contributed by atoms with van der Waals surface area (Å²) in [6.45, 7) is 1.26. The van der Waals surface area contributed by atoms with Crippen molar-refractivity contribution in [3.8, 4) is 11.4 Å². The van der Waals surface area contributed by atoms with Crippen molar-refractivity contribution in [1.29, 1.82) is 0 Å². The van der Waals surface area contributed by atoms with E-state index in [1.165, 1.54) is 12.5 Å². The molecule has 1 fully saturated rings. The molecule has 0 spiro atoms. The Morgan fingerprint density at radius 3 is 2.87 bits per heavy atom. The van der Waals surface area contributed by atoms with E-state index in [9.17, 15) is 4.79 Å². The quantitative estimate of drug-likeness (QED) is 0.743. The summed E-state index contributed by atoms with van der Waals surface area (Å²) in [5.74, 6) is 1.23. The molecular formula is C17H15N3O3. The summed E-state index contributed by atoms with van der Waals surface area (Å²) < 4.78 is 10.4. The normalized spacial score (nSPS) is 17.6. The van der Waals surface area contributed by atoms with Crippen molar-refractivity contribution in [1.82, 2.24) is 15.0 Å². The molecule has 3 aromatic rings. The summed E-state index contributed by atoms with van der Waals surface area (Å²) in [6.07, 6.45) is 3.79. The molecule has 1 aliphatic rings. The summed E-state index contributed by atoms with van der Waals surface area (Å²) in [6, 6.07) is 11.4. The first kappa shape index (κ1) is 13.8. The van der Waals surface area contributed by atoms with E-state index >= 15 is 0 Å². The maximum absolute atomic E-state index is 12.3. The fourth-order valence-corrected chi connectivity index (χ4v) is 2.82. The molecule has 0 saturated carbocycles. The lowest BCUT2D eigenvalue weighted by molar-refractivity contribution is 0.0789. The summed E-state index contributed by atoms with van der Waals surface area (Å²) in [7, 11) is 0. The zero-order valence-corrected chi connectivity index (χ0v) is 12.4. The van der Waals surface area contributed by atoms with Gasteiger partial charge in [-0.1, -0.05) is 35.5 Å². The molecule has 1 amide bonds. The standard InChI is InChI=1S/C17H15N3O3/c21-17(14-7-9-22-11-14)20-8-6-13(10-20)16-18-15(19-23-16)12-4-2-1-3-5-12/h1-5,7,9,11,13H,6,8,10H2/t13-/m0/s1. The maximum atomic E-state index is 12.3. The molecule has 4 rings (SSSR count). The minimum absolute atomic E-state index is 0.0240. The van der Waals surface area contributed by atoms with Crippen LogP contribution in [-0.4, -0.2) is 34.0 Å². The Bertz CT molecular complexity index is 796. The van der Waals surface area contributed by atoms with Crippen LogP contribution in [0.5, 0.6) is 0 Å². The highest BCUT2D eigenvalue weighted by Crippen LogP contribution is 2.28. The van der Waals surface area contributed by atoms with Crippen LogP contribution < -0.4 is 0 Å². The number of amides is 1. The minimum atomic E-state index is -0.0240. The third-order valence-corrected chi connectivity index (χ3v) is 4.07. The molecule has 1 aliphatic heterocycles. The number of carbonyl (C=O) groups excluding carboxylic acids is 1. The van der Waals surface area contributed by atoms with Gasteiger partial charge in [-0.15, -0.1) is 0 Å². The molecule has 0 aliphatic carbocycles. The van der Waals surface area contributed by atoms with E-state index < -0.39 is 0 Å². The van der Waals surface area contributed by atoms with E-state index in [2.05, 4.69) is 10.1 Å². The SMILES string of the molecule is O=C(c1ccoc1)N1CC[C@H](c2nc(-c3ccccc3)no2)C1. The first-order chi connectivity index (χ1) is 11.3. The highest BCUT2D eigenvalue weighted by molar-refractivity contribution is 5.94. The van der Waals surface area contributed by atoms with Gasteiger partial charge in [-0.25, -0.2) is 0 Å². The average Bonchev–Trinajstić information content (AvgIpc) is 3.35. The van der Waals surface area contributed by atoms with Crippen LogP contribution in [0.25, 0.3) is 11.4 Å². The van der Waals surface area contributed by atoms with Crippen LogP contribution in [0.3, 0.4) is 0 Å². The Labute approximate surface area is 132 Å². The first-order valence-electron chi connectivity index (χ1n) is 7.52. The number of aromatic nitrogens is 2. The Morgan fingerprint density at radius 1 is 1.22 bits per heavy atom. The second-order valence-corrected chi connectivity index (χ2v) is 5.57. The van der Waals surface area contributed by atoms with Gasteiger partial charge in [0.05, 0.1) is 17.7 Å². The van der Waals surface area contributed by atoms with Crippen molar-refractivity contribution >= 4 is 5.91 Å². The van der Waals surface area contributed by atoms with E-state index in [0.29, 0.717) is 30.4 Å². The van der Waals surface area contributed by atoms with Crippen LogP contribution in [0.2, 0.25) is 0 Å². The molecule has 23 heavy (non-hydrogen) atoms. The molecule has 1 aromatic carbocycles. The van der Waals surface area contributed by atoms with Crippen LogP contribution in [0.15, 0.2) is 57.9 Å². The number of nitrogens with zero attached hydrogens (tertiary/aromatic N) is 3. The zero-order chi connectivity index (χ0) is 15.6. The van der Waals surface area contributed by atoms with Crippen molar-refractivity contribution in [3.63, 3.8) is 0 Å². The van der Waals surface area contributed by atoms with Crippen molar-refractivity contribution in [2.75, 3.05) is 13.1 Å². The van der Waals surface area contributed by atoms with Gasteiger partial charge < -0.3 is 13.8 Å². The van der Waals surface area contributed by atoms with Crippen LogP contribution in [0.4, 0.5) is 0 Å². The highest BCUT2D eigenvalue weighted by atomic mass is 16.5. The number of rotatable bonds is 3. The van der Waals surface area contributed by atoms with Gasteiger partial charge in [0.2, 0.25) is 11.7 Å². The summed E-state index contributed by atoms with van der Waals surface area (Å²) in [5.41, 5.74) is 1.49. The van der Waals surface area contributed by atoms with Gasteiger partial charge in [0.1, 0.15) is 6.26 Å². The van der Waals surface area contributed by atoms with Crippen LogP contribution >= 0.6 is 0 Å². The third kappa shape index (κ3) is 2.63. The molecule has 0 N–H and O–H groups in total. The molecule has 2 aromatic heterocycles. The molecule has 1 saturated heterocycles. The largest absolute Gasteiger partial charge is 0.472 e. The van der Waals surface area contributed by atoms with Crippen molar-refractivity contribution in [3.05, 3.63) is 60.4 Å². The molecule has 6 nitrogen and oxygen atoms in total. The second kappa shape index (κ2) is 5.72. The molecule has 0 unspecified atom stereocenters. The highest BCUT2D eigenvalue weighted by Gasteiger charge is 2.31.